The highest BCUT2D eigenvalue weighted by Crippen LogP contribution is 2.49. The lowest BCUT2D eigenvalue weighted by Crippen LogP contribution is -2.35. The van der Waals surface area contributed by atoms with Gasteiger partial charge in [-0.1, -0.05) is 17.7 Å². The molecule has 2 saturated heterocycles. The van der Waals surface area contributed by atoms with Gasteiger partial charge in [-0.15, -0.1) is 0 Å². The van der Waals surface area contributed by atoms with E-state index in [2.05, 4.69) is 5.32 Å². The quantitative estimate of drug-likeness (QED) is 0.656. The van der Waals surface area contributed by atoms with Crippen molar-refractivity contribution in [3.63, 3.8) is 0 Å². The van der Waals surface area contributed by atoms with Gasteiger partial charge < -0.3 is 15.0 Å². The van der Waals surface area contributed by atoms with E-state index in [0.717, 1.165) is 29.5 Å². The number of para-hydroxylation sites is 1. The second-order valence-corrected chi connectivity index (χ2v) is 8.43. The standard InChI is InChI=1S/C25H27FN2O2/c1-3-28(4-2)25(29)15-8-11-19-22(14-15)30-24-20(6-5-7-21(24)26)23(19)16-12-17-9-10-18(13-16)27-17/h5-8,11,14,17-18,27H,3-4,9-10,12-13H2,1-2H3. The van der Waals surface area contributed by atoms with Crippen LogP contribution in [0.3, 0.4) is 0 Å². The molecule has 30 heavy (non-hydrogen) atoms. The van der Waals surface area contributed by atoms with E-state index >= 15 is 0 Å². The average Bonchev–Trinajstić information content (AvgIpc) is 3.10. The van der Waals surface area contributed by atoms with E-state index in [-0.39, 0.29) is 17.5 Å². The molecule has 1 amide bonds. The minimum atomic E-state index is -0.367. The second kappa shape index (κ2) is 7.55. The first kappa shape index (κ1) is 19.3. The van der Waals surface area contributed by atoms with Crippen LogP contribution in [0.4, 0.5) is 4.39 Å². The van der Waals surface area contributed by atoms with Crippen molar-refractivity contribution in [2.45, 2.75) is 51.6 Å². The second-order valence-electron chi connectivity index (χ2n) is 8.43. The van der Waals surface area contributed by atoms with Crippen molar-refractivity contribution in [1.29, 1.82) is 0 Å². The largest absolute Gasteiger partial charge is 0.453 e. The Morgan fingerprint density at radius 2 is 1.83 bits per heavy atom. The van der Waals surface area contributed by atoms with E-state index < -0.39 is 0 Å². The maximum Gasteiger partial charge on any atom is 0.253 e. The molecule has 5 heteroatoms. The smallest absolute Gasteiger partial charge is 0.253 e. The summed E-state index contributed by atoms with van der Waals surface area (Å²) in [5.41, 5.74) is 4.81. The van der Waals surface area contributed by atoms with Gasteiger partial charge in [-0.25, -0.2) is 4.39 Å². The van der Waals surface area contributed by atoms with Gasteiger partial charge in [-0.3, -0.25) is 4.79 Å². The maximum absolute atomic E-state index is 14.7. The SMILES string of the molecule is CCN(CC)C(=O)c1ccc2c(c1)Oc1c(F)cccc1C2=C1CC2CCC(C1)N2. The number of piperidine rings is 1. The molecule has 2 aromatic carbocycles. The number of halogens is 1. The Morgan fingerprint density at radius 1 is 1.10 bits per heavy atom. The van der Waals surface area contributed by atoms with E-state index in [9.17, 15) is 9.18 Å². The molecule has 0 saturated carbocycles. The molecule has 2 atom stereocenters. The van der Waals surface area contributed by atoms with E-state index in [0.29, 0.717) is 36.5 Å². The average molecular weight is 407 g/mol. The predicted octanol–water partition coefficient (Wildman–Crippen LogP) is 5.13. The summed E-state index contributed by atoms with van der Waals surface area (Å²) in [4.78, 5) is 14.6. The van der Waals surface area contributed by atoms with Crippen LogP contribution in [0.5, 0.6) is 11.5 Å². The molecule has 3 aliphatic heterocycles. The van der Waals surface area contributed by atoms with Crippen molar-refractivity contribution in [2.24, 2.45) is 0 Å². The topological polar surface area (TPSA) is 41.6 Å². The lowest BCUT2D eigenvalue weighted by atomic mass is 9.84. The van der Waals surface area contributed by atoms with E-state index in [1.165, 1.54) is 24.5 Å². The minimum absolute atomic E-state index is 0.0279. The van der Waals surface area contributed by atoms with Crippen LogP contribution in [0.25, 0.3) is 5.57 Å². The minimum Gasteiger partial charge on any atom is -0.453 e. The maximum atomic E-state index is 14.7. The summed E-state index contributed by atoms with van der Waals surface area (Å²) in [7, 11) is 0. The number of fused-ring (bicyclic) bond motifs is 4. The number of hydrogen-bond donors (Lipinski definition) is 1. The Labute approximate surface area is 176 Å². The molecule has 2 aromatic rings. The summed E-state index contributed by atoms with van der Waals surface area (Å²) in [6, 6.07) is 11.8. The normalized spacial score (nSPS) is 21.7. The third-order valence-electron chi connectivity index (χ3n) is 6.67. The number of nitrogens with zero attached hydrogens (tertiary/aromatic N) is 1. The first-order chi connectivity index (χ1) is 14.6. The van der Waals surface area contributed by atoms with Gasteiger partial charge in [-0.2, -0.15) is 0 Å². The number of benzene rings is 2. The Kier molecular flexibility index (Phi) is 4.86. The molecule has 5 rings (SSSR count). The van der Waals surface area contributed by atoms with Crippen molar-refractivity contribution in [3.05, 3.63) is 64.5 Å². The summed E-state index contributed by atoms with van der Waals surface area (Å²) in [5.74, 6) is 0.443. The molecule has 0 radical (unpaired) electrons. The molecule has 2 unspecified atom stereocenters. The number of carbonyl (C=O) groups is 1. The van der Waals surface area contributed by atoms with Gasteiger partial charge in [0, 0.05) is 41.9 Å². The fourth-order valence-electron chi connectivity index (χ4n) is 5.19. The van der Waals surface area contributed by atoms with Crippen LogP contribution in [0.1, 0.15) is 61.0 Å². The first-order valence-electron chi connectivity index (χ1n) is 11.0. The Balaban J connectivity index is 1.65. The highest BCUT2D eigenvalue weighted by atomic mass is 19.1. The van der Waals surface area contributed by atoms with Crippen LogP contribution < -0.4 is 10.1 Å². The van der Waals surface area contributed by atoms with Crippen molar-refractivity contribution >= 4 is 11.5 Å². The molecule has 4 nitrogen and oxygen atoms in total. The zero-order valence-corrected chi connectivity index (χ0v) is 17.5. The zero-order valence-electron chi connectivity index (χ0n) is 17.5. The van der Waals surface area contributed by atoms with Crippen molar-refractivity contribution in [3.8, 4) is 11.5 Å². The van der Waals surface area contributed by atoms with E-state index in [1.54, 1.807) is 17.0 Å². The van der Waals surface area contributed by atoms with Crippen molar-refractivity contribution in [1.82, 2.24) is 10.2 Å². The molecule has 3 aliphatic rings. The first-order valence-corrected chi connectivity index (χ1v) is 11.0. The monoisotopic (exact) mass is 406 g/mol. The third kappa shape index (κ3) is 3.12. The molecule has 156 valence electrons. The lowest BCUT2D eigenvalue weighted by Gasteiger charge is -2.31. The number of rotatable bonds is 3. The molecular weight excluding hydrogens is 379 g/mol. The van der Waals surface area contributed by atoms with Crippen LogP contribution in [-0.2, 0) is 0 Å². The number of ether oxygens (including phenoxy) is 1. The fraction of sp³-hybridized carbons (Fsp3) is 0.400. The Morgan fingerprint density at radius 3 is 2.53 bits per heavy atom. The van der Waals surface area contributed by atoms with Gasteiger partial charge in [0.15, 0.2) is 11.6 Å². The van der Waals surface area contributed by atoms with Gasteiger partial charge in [0.2, 0.25) is 0 Å². The van der Waals surface area contributed by atoms with Crippen LogP contribution in [0.15, 0.2) is 42.0 Å². The van der Waals surface area contributed by atoms with Crippen LogP contribution in [0.2, 0.25) is 0 Å². The Hall–Kier alpha value is -2.66. The van der Waals surface area contributed by atoms with Gasteiger partial charge in [0.25, 0.3) is 5.91 Å². The number of hydrogen-bond acceptors (Lipinski definition) is 3. The number of carbonyl (C=O) groups excluding carboxylic acids is 1. The molecule has 0 aliphatic carbocycles. The van der Waals surface area contributed by atoms with Gasteiger partial charge in [0.1, 0.15) is 5.75 Å². The van der Waals surface area contributed by atoms with Crippen LogP contribution in [0, 0.1) is 5.82 Å². The molecule has 2 fully saturated rings. The fourth-order valence-corrected chi connectivity index (χ4v) is 5.19. The summed E-state index contributed by atoms with van der Waals surface area (Å²) >= 11 is 0. The molecular formula is C25H27FN2O2. The van der Waals surface area contributed by atoms with E-state index in [1.807, 2.05) is 32.0 Å². The molecule has 1 N–H and O–H groups in total. The van der Waals surface area contributed by atoms with Crippen molar-refractivity contribution in [2.75, 3.05) is 13.1 Å². The lowest BCUT2D eigenvalue weighted by molar-refractivity contribution is 0.0772. The third-order valence-corrected chi connectivity index (χ3v) is 6.67. The molecule has 2 bridgehead atoms. The molecule has 0 aromatic heterocycles. The number of amides is 1. The Bertz CT molecular complexity index is 1030. The molecule has 0 spiro atoms. The zero-order chi connectivity index (χ0) is 20.8. The number of nitrogens with one attached hydrogen (secondary N) is 1. The predicted molar refractivity (Wildman–Crippen MR) is 115 cm³/mol. The van der Waals surface area contributed by atoms with Gasteiger partial charge in [-0.05, 0) is 69.4 Å². The van der Waals surface area contributed by atoms with Gasteiger partial charge in [0.05, 0.1) is 0 Å². The van der Waals surface area contributed by atoms with Crippen LogP contribution in [-0.4, -0.2) is 36.0 Å². The highest BCUT2D eigenvalue weighted by molar-refractivity contribution is 5.97. The summed E-state index contributed by atoms with van der Waals surface area (Å²) in [5, 5.41) is 3.68. The highest BCUT2D eigenvalue weighted by Gasteiger charge is 2.35. The van der Waals surface area contributed by atoms with Crippen LogP contribution >= 0.6 is 0 Å². The summed E-state index contributed by atoms with van der Waals surface area (Å²) < 4.78 is 20.8. The van der Waals surface area contributed by atoms with E-state index in [4.69, 9.17) is 4.74 Å². The van der Waals surface area contributed by atoms with Gasteiger partial charge >= 0.3 is 0 Å². The molecule has 3 heterocycles. The van der Waals surface area contributed by atoms with Crippen molar-refractivity contribution < 1.29 is 13.9 Å². The summed E-state index contributed by atoms with van der Waals surface area (Å²) in [6.45, 7) is 5.23. The summed E-state index contributed by atoms with van der Waals surface area (Å²) in [6.07, 6.45) is 4.33.